The molecular weight excluding hydrogens is 428 g/mol. The maximum Gasteiger partial charge on any atom is 0.408 e. The van der Waals surface area contributed by atoms with Crippen LogP contribution in [0.1, 0.15) is 45.1 Å². The number of alkyl carbamates (subject to hydrolysis) is 1. The fourth-order valence-corrected chi connectivity index (χ4v) is 3.39. The zero-order valence-electron chi connectivity index (χ0n) is 17.7. The van der Waals surface area contributed by atoms with Crippen LogP contribution in [0.25, 0.3) is 16.6 Å². The molecule has 164 valence electrons. The molecule has 0 bridgehead atoms. The average molecular weight is 450 g/mol. The summed E-state index contributed by atoms with van der Waals surface area (Å²) in [4.78, 5) is 30.2. The SMILES string of the molecule is Cc1c(F)cc(F)cc1-n1c([C@H](C)NC(=O)OC(C)(C)C)nc2cccc(Cl)c2c1=O. The van der Waals surface area contributed by atoms with Crippen molar-refractivity contribution < 1.29 is 18.3 Å². The number of carbonyl (C=O) groups excluding carboxylic acids is 1. The predicted molar refractivity (Wildman–Crippen MR) is 115 cm³/mol. The van der Waals surface area contributed by atoms with Gasteiger partial charge in [-0.25, -0.2) is 18.6 Å². The first kappa shape index (κ1) is 22.7. The Labute approximate surface area is 182 Å². The summed E-state index contributed by atoms with van der Waals surface area (Å²) < 4.78 is 34.7. The van der Waals surface area contributed by atoms with Gasteiger partial charge in [0.2, 0.25) is 0 Å². The standard InChI is InChI=1S/C22H22ClF2N3O3/c1-11-15(25)9-13(24)10-17(11)28-19(12(2)26-21(30)31-22(3,4)5)27-16-8-6-7-14(23)18(16)20(28)29/h6-10,12H,1-5H3,(H,26,30)/t12-/m0/s1. The second-order valence-electron chi connectivity index (χ2n) is 8.14. The van der Waals surface area contributed by atoms with Gasteiger partial charge in [-0.15, -0.1) is 0 Å². The number of benzene rings is 2. The summed E-state index contributed by atoms with van der Waals surface area (Å²) in [5.74, 6) is -1.61. The number of nitrogens with zero attached hydrogens (tertiary/aromatic N) is 2. The minimum atomic E-state index is -0.858. The van der Waals surface area contributed by atoms with Gasteiger partial charge < -0.3 is 10.1 Å². The topological polar surface area (TPSA) is 73.2 Å². The van der Waals surface area contributed by atoms with Crippen LogP contribution in [0.2, 0.25) is 5.02 Å². The van der Waals surface area contributed by atoms with Crippen LogP contribution < -0.4 is 10.9 Å². The largest absolute Gasteiger partial charge is 0.444 e. The van der Waals surface area contributed by atoms with Crippen molar-refractivity contribution in [2.24, 2.45) is 0 Å². The van der Waals surface area contributed by atoms with E-state index >= 15 is 0 Å². The van der Waals surface area contributed by atoms with Crippen molar-refractivity contribution in [1.82, 2.24) is 14.9 Å². The number of carbonyl (C=O) groups is 1. The molecule has 0 fully saturated rings. The number of hydrogen-bond acceptors (Lipinski definition) is 4. The van der Waals surface area contributed by atoms with Gasteiger partial charge in [0.1, 0.15) is 23.1 Å². The first-order valence-electron chi connectivity index (χ1n) is 9.55. The Balaban J connectivity index is 2.27. The van der Waals surface area contributed by atoms with Gasteiger partial charge in [0, 0.05) is 11.6 Å². The molecule has 0 aliphatic heterocycles. The predicted octanol–water partition coefficient (Wildman–Crippen LogP) is 5.21. The van der Waals surface area contributed by atoms with Crippen LogP contribution in [0.4, 0.5) is 13.6 Å². The van der Waals surface area contributed by atoms with Crippen LogP contribution in [-0.4, -0.2) is 21.2 Å². The van der Waals surface area contributed by atoms with Crippen molar-refractivity contribution in [1.29, 1.82) is 0 Å². The van der Waals surface area contributed by atoms with Crippen LogP contribution in [0, 0.1) is 18.6 Å². The molecule has 9 heteroatoms. The van der Waals surface area contributed by atoms with E-state index in [1.54, 1.807) is 39.8 Å². The van der Waals surface area contributed by atoms with E-state index in [0.29, 0.717) is 0 Å². The van der Waals surface area contributed by atoms with E-state index in [1.165, 1.54) is 13.0 Å². The number of rotatable bonds is 3. The van der Waals surface area contributed by atoms with E-state index in [1.807, 2.05) is 0 Å². The summed E-state index contributed by atoms with van der Waals surface area (Å²) in [6.45, 7) is 8.14. The zero-order chi connectivity index (χ0) is 23.1. The summed E-state index contributed by atoms with van der Waals surface area (Å²) in [5.41, 5.74) is -1.06. The molecule has 1 aromatic heterocycles. The molecule has 0 radical (unpaired) electrons. The number of nitrogens with one attached hydrogen (secondary N) is 1. The number of amides is 1. The highest BCUT2D eigenvalue weighted by Crippen LogP contribution is 2.26. The lowest BCUT2D eigenvalue weighted by Crippen LogP contribution is -2.37. The van der Waals surface area contributed by atoms with Gasteiger partial charge in [-0.1, -0.05) is 17.7 Å². The molecule has 0 aliphatic rings. The Morgan fingerprint density at radius 2 is 1.94 bits per heavy atom. The average Bonchev–Trinajstić information content (AvgIpc) is 2.63. The van der Waals surface area contributed by atoms with Crippen LogP contribution in [0.15, 0.2) is 35.1 Å². The molecular formula is C22H22ClF2N3O3. The van der Waals surface area contributed by atoms with Crippen LogP contribution in [-0.2, 0) is 4.74 Å². The number of halogens is 3. The van der Waals surface area contributed by atoms with Crippen LogP contribution in [0.5, 0.6) is 0 Å². The second-order valence-corrected chi connectivity index (χ2v) is 8.55. The van der Waals surface area contributed by atoms with Crippen molar-refractivity contribution in [2.75, 3.05) is 0 Å². The lowest BCUT2D eigenvalue weighted by molar-refractivity contribution is 0.0505. The number of hydrogen-bond donors (Lipinski definition) is 1. The lowest BCUT2D eigenvalue weighted by Gasteiger charge is -2.24. The lowest BCUT2D eigenvalue weighted by atomic mass is 10.1. The molecule has 3 aromatic rings. The highest BCUT2D eigenvalue weighted by Gasteiger charge is 2.24. The molecule has 1 heterocycles. The van der Waals surface area contributed by atoms with E-state index < -0.39 is 34.9 Å². The molecule has 3 rings (SSSR count). The Kier molecular flexibility index (Phi) is 6.04. The first-order valence-corrected chi connectivity index (χ1v) is 9.93. The van der Waals surface area contributed by atoms with E-state index in [9.17, 15) is 18.4 Å². The molecule has 1 amide bonds. The third-order valence-electron chi connectivity index (χ3n) is 4.52. The van der Waals surface area contributed by atoms with Gasteiger partial charge in [-0.2, -0.15) is 0 Å². The molecule has 0 aliphatic carbocycles. The van der Waals surface area contributed by atoms with Crippen molar-refractivity contribution >= 4 is 28.6 Å². The normalized spacial score (nSPS) is 12.6. The van der Waals surface area contributed by atoms with Gasteiger partial charge in [0.25, 0.3) is 5.56 Å². The Hall–Kier alpha value is -3.00. The molecule has 0 unspecified atom stereocenters. The van der Waals surface area contributed by atoms with Gasteiger partial charge in [0.05, 0.1) is 27.7 Å². The minimum absolute atomic E-state index is 0.0374. The minimum Gasteiger partial charge on any atom is -0.444 e. The van der Waals surface area contributed by atoms with Crippen molar-refractivity contribution in [3.8, 4) is 5.69 Å². The maximum atomic E-state index is 14.3. The zero-order valence-corrected chi connectivity index (χ0v) is 18.5. The van der Waals surface area contributed by atoms with Crippen molar-refractivity contribution in [2.45, 2.75) is 46.3 Å². The number of ether oxygens (including phenoxy) is 1. The Morgan fingerprint density at radius 1 is 1.26 bits per heavy atom. The third-order valence-corrected chi connectivity index (χ3v) is 4.83. The monoisotopic (exact) mass is 449 g/mol. The summed E-state index contributed by atoms with van der Waals surface area (Å²) in [6.07, 6.45) is -0.728. The highest BCUT2D eigenvalue weighted by molar-refractivity contribution is 6.35. The van der Waals surface area contributed by atoms with Crippen molar-refractivity contribution in [3.05, 3.63) is 68.7 Å². The van der Waals surface area contributed by atoms with E-state index in [2.05, 4.69) is 10.3 Å². The summed E-state index contributed by atoms with van der Waals surface area (Å²) >= 11 is 6.22. The number of aromatic nitrogens is 2. The molecule has 31 heavy (non-hydrogen) atoms. The Morgan fingerprint density at radius 3 is 2.58 bits per heavy atom. The van der Waals surface area contributed by atoms with Crippen LogP contribution in [0.3, 0.4) is 0 Å². The van der Waals surface area contributed by atoms with Crippen molar-refractivity contribution in [3.63, 3.8) is 0 Å². The third kappa shape index (κ3) is 4.69. The summed E-state index contributed by atoms with van der Waals surface area (Å²) in [5, 5.41) is 2.86. The first-order chi connectivity index (χ1) is 14.4. The quantitative estimate of drug-likeness (QED) is 0.595. The van der Waals surface area contributed by atoms with Gasteiger partial charge in [-0.05, 0) is 52.8 Å². The van der Waals surface area contributed by atoms with Gasteiger partial charge in [-0.3, -0.25) is 9.36 Å². The molecule has 0 saturated heterocycles. The molecule has 1 N–H and O–H groups in total. The Bertz CT molecular complexity index is 1240. The maximum absolute atomic E-state index is 14.3. The fourth-order valence-electron chi connectivity index (χ4n) is 3.14. The number of fused-ring (bicyclic) bond motifs is 1. The van der Waals surface area contributed by atoms with E-state index in [4.69, 9.17) is 16.3 Å². The molecule has 0 saturated carbocycles. The smallest absolute Gasteiger partial charge is 0.408 e. The van der Waals surface area contributed by atoms with E-state index in [0.717, 1.165) is 16.7 Å². The second kappa shape index (κ2) is 8.26. The highest BCUT2D eigenvalue weighted by atomic mass is 35.5. The van der Waals surface area contributed by atoms with Gasteiger partial charge in [0.15, 0.2) is 0 Å². The molecule has 0 spiro atoms. The molecule has 1 atom stereocenters. The molecule has 2 aromatic carbocycles. The molecule has 6 nitrogen and oxygen atoms in total. The summed E-state index contributed by atoms with van der Waals surface area (Å²) in [6, 6.07) is 5.68. The van der Waals surface area contributed by atoms with Gasteiger partial charge >= 0.3 is 6.09 Å². The van der Waals surface area contributed by atoms with Crippen LogP contribution >= 0.6 is 11.6 Å². The fraction of sp³-hybridized carbons (Fsp3) is 0.318. The summed E-state index contributed by atoms with van der Waals surface area (Å²) in [7, 11) is 0. The van der Waals surface area contributed by atoms with E-state index in [-0.39, 0.29) is 33.0 Å².